The number of nitrogens with one attached hydrogen (secondary N) is 1. The van der Waals surface area contributed by atoms with Crippen LogP contribution in [0.4, 0.5) is 5.82 Å². The van der Waals surface area contributed by atoms with E-state index in [9.17, 15) is 0 Å². The van der Waals surface area contributed by atoms with Crippen LogP contribution in [0, 0.1) is 6.92 Å². The number of morpholine rings is 1. The average molecular weight is 378 g/mol. The number of fused-ring (bicyclic) bond motifs is 1. The van der Waals surface area contributed by atoms with Crippen molar-refractivity contribution in [3.63, 3.8) is 0 Å². The molecule has 1 unspecified atom stereocenters. The summed E-state index contributed by atoms with van der Waals surface area (Å²) in [6, 6.07) is 4.29. The molecule has 1 saturated heterocycles. The minimum absolute atomic E-state index is 0.251. The van der Waals surface area contributed by atoms with Gasteiger partial charge in [0.1, 0.15) is 5.69 Å². The molecular weight excluding hydrogens is 356 g/mol. The average Bonchev–Trinajstić information content (AvgIpc) is 3.43. The van der Waals surface area contributed by atoms with E-state index in [0.29, 0.717) is 13.2 Å². The van der Waals surface area contributed by atoms with Gasteiger partial charge < -0.3 is 9.64 Å². The van der Waals surface area contributed by atoms with Crippen molar-refractivity contribution < 1.29 is 4.74 Å². The van der Waals surface area contributed by atoms with Crippen molar-refractivity contribution in [2.75, 3.05) is 24.7 Å². The summed E-state index contributed by atoms with van der Waals surface area (Å²) in [6.45, 7) is 6.42. The number of hydrogen-bond acceptors (Lipinski definition) is 6. The van der Waals surface area contributed by atoms with Gasteiger partial charge in [0, 0.05) is 36.6 Å². The fraction of sp³-hybridized carbons (Fsp3) is 0.368. The van der Waals surface area contributed by atoms with Crippen LogP contribution in [0.5, 0.6) is 0 Å². The van der Waals surface area contributed by atoms with Crippen molar-refractivity contribution in [3.8, 4) is 22.6 Å². The zero-order valence-corrected chi connectivity index (χ0v) is 16.1. The van der Waals surface area contributed by atoms with Crippen molar-refractivity contribution in [1.29, 1.82) is 0 Å². The van der Waals surface area contributed by atoms with E-state index in [1.54, 1.807) is 6.20 Å². The molecule has 9 nitrogen and oxygen atoms in total. The molecule has 5 rings (SSSR count). The molecule has 0 bridgehead atoms. The standard InChI is InChI=1S/C19H22N8O/c1-12-11-28-7-6-26(12)18-8-14(15-9-22-25(3)13(15)2)17-10-20-19(27(17)24-18)16-4-5-21-23-16/h4-5,8-10,12H,6-7,11H2,1-3H3,(H,21,23). The Morgan fingerprint density at radius 3 is 2.86 bits per heavy atom. The quantitative estimate of drug-likeness (QED) is 0.587. The first-order valence-corrected chi connectivity index (χ1v) is 9.35. The molecule has 1 fully saturated rings. The predicted octanol–water partition coefficient (Wildman–Crippen LogP) is 2.05. The Morgan fingerprint density at radius 1 is 1.25 bits per heavy atom. The highest BCUT2D eigenvalue weighted by Crippen LogP contribution is 2.32. The summed E-state index contributed by atoms with van der Waals surface area (Å²) in [5.41, 5.74) is 5.00. The Bertz CT molecular complexity index is 1130. The van der Waals surface area contributed by atoms with Crippen LogP contribution in [0.1, 0.15) is 12.6 Å². The first-order chi connectivity index (χ1) is 13.6. The van der Waals surface area contributed by atoms with Crippen LogP contribution in [-0.4, -0.2) is 60.4 Å². The molecule has 0 aromatic carbocycles. The van der Waals surface area contributed by atoms with Crippen molar-refractivity contribution in [2.24, 2.45) is 7.05 Å². The van der Waals surface area contributed by atoms with E-state index in [4.69, 9.17) is 9.84 Å². The fourth-order valence-electron chi connectivity index (χ4n) is 3.72. The van der Waals surface area contributed by atoms with Gasteiger partial charge in [-0.25, -0.2) is 9.50 Å². The van der Waals surface area contributed by atoms with E-state index in [0.717, 1.165) is 46.2 Å². The molecule has 4 aromatic rings. The Morgan fingerprint density at radius 2 is 2.14 bits per heavy atom. The third kappa shape index (κ3) is 2.58. The highest BCUT2D eigenvalue weighted by Gasteiger charge is 2.24. The van der Waals surface area contributed by atoms with Gasteiger partial charge in [-0.2, -0.15) is 10.2 Å². The van der Waals surface area contributed by atoms with Crippen molar-refractivity contribution in [2.45, 2.75) is 19.9 Å². The molecule has 1 aliphatic rings. The van der Waals surface area contributed by atoms with E-state index in [1.807, 2.05) is 34.7 Å². The molecule has 5 heterocycles. The van der Waals surface area contributed by atoms with Gasteiger partial charge in [-0.3, -0.25) is 9.78 Å². The zero-order chi connectivity index (χ0) is 19.3. The Kier molecular flexibility index (Phi) is 3.90. The second kappa shape index (κ2) is 6.45. The normalized spacial score (nSPS) is 17.5. The molecule has 9 heteroatoms. The van der Waals surface area contributed by atoms with E-state index in [-0.39, 0.29) is 6.04 Å². The van der Waals surface area contributed by atoms with Gasteiger partial charge in [0.2, 0.25) is 0 Å². The topological polar surface area (TPSA) is 89.2 Å². The molecule has 0 aliphatic carbocycles. The fourth-order valence-corrected chi connectivity index (χ4v) is 3.72. The van der Waals surface area contributed by atoms with Gasteiger partial charge in [-0.15, -0.1) is 5.10 Å². The highest BCUT2D eigenvalue weighted by molar-refractivity contribution is 5.84. The third-order valence-corrected chi connectivity index (χ3v) is 5.42. The Hall–Kier alpha value is -3.20. The highest BCUT2D eigenvalue weighted by atomic mass is 16.5. The van der Waals surface area contributed by atoms with Gasteiger partial charge in [0.15, 0.2) is 11.6 Å². The van der Waals surface area contributed by atoms with Gasteiger partial charge in [-0.05, 0) is 26.0 Å². The van der Waals surface area contributed by atoms with Gasteiger partial charge >= 0.3 is 0 Å². The number of aromatic nitrogens is 7. The van der Waals surface area contributed by atoms with Crippen LogP contribution in [0.25, 0.3) is 28.2 Å². The maximum atomic E-state index is 5.61. The molecule has 1 N–H and O–H groups in total. The molecule has 1 aliphatic heterocycles. The summed E-state index contributed by atoms with van der Waals surface area (Å²) in [5, 5.41) is 16.4. The minimum atomic E-state index is 0.251. The van der Waals surface area contributed by atoms with Crippen LogP contribution in [-0.2, 0) is 11.8 Å². The molecule has 0 saturated carbocycles. The molecule has 0 radical (unpaired) electrons. The number of hydrogen-bond donors (Lipinski definition) is 1. The smallest absolute Gasteiger partial charge is 0.179 e. The van der Waals surface area contributed by atoms with Gasteiger partial charge in [0.05, 0.1) is 37.2 Å². The molecule has 4 aromatic heterocycles. The number of rotatable bonds is 3. The molecule has 0 amide bonds. The summed E-state index contributed by atoms with van der Waals surface area (Å²) in [7, 11) is 1.95. The monoisotopic (exact) mass is 378 g/mol. The SMILES string of the molecule is Cc1c(-c2cc(N3CCOCC3C)nn3c(-c4ccn[nH]4)ncc23)cnn1C. The first-order valence-electron chi connectivity index (χ1n) is 9.35. The second-order valence-corrected chi connectivity index (χ2v) is 7.15. The number of nitrogens with zero attached hydrogens (tertiary/aromatic N) is 7. The van der Waals surface area contributed by atoms with Crippen molar-refractivity contribution >= 4 is 11.3 Å². The van der Waals surface area contributed by atoms with Crippen LogP contribution in [0.3, 0.4) is 0 Å². The molecule has 28 heavy (non-hydrogen) atoms. The largest absolute Gasteiger partial charge is 0.377 e. The lowest BCUT2D eigenvalue weighted by molar-refractivity contribution is 0.0984. The van der Waals surface area contributed by atoms with Gasteiger partial charge in [-0.1, -0.05) is 0 Å². The molecule has 144 valence electrons. The van der Waals surface area contributed by atoms with E-state index < -0.39 is 0 Å². The predicted molar refractivity (Wildman–Crippen MR) is 105 cm³/mol. The lowest BCUT2D eigenvalue weighted by atomic mass is 10.1. The van der Waals surface area contributed by atoms with Crippen LogP contribution < -0.4 is 4.90 Å². The molecular formula is C19H22N8O. The Labute approximate surface area is 161 Å². The summed E-state index contributed by atoms with van der Waals surface area (Å²) < 4.78 is 9.39. The third-order valence-electron chi connectivity index (χ3n) is 5.42. The van der Waals surface area contributed by atoms with E-state index >= 15 is 0 Å². The number of aromatic amines is 1. The van der Waals surface area contributed by atoms with Crippen LogP contribution >= 0.6 is 0 Å². The summed E-state index contributed by atoms with van der Waals surface area (Å²) >= 11 is 0. The number of anilines is 1. The summed E-state index contributed by atoms with van der Waals surface area (Å²) in [5.74, 6) is 1.64. The minimum Gasteiger partial charge on any atom is -0.377 e. The van der Waals surface area contributed by atoms with Crippen molar-refractivity contribution in [3.05, 3.63) is 36.4 Å². The number of H-pyrrole nitrogens is 1. The van der Waals surface area contributed by atoms with Gasteiger partial charge in [0.25, 0.3) is 0 Å². The Balaban J connectivity index is 1.76. The van der Waals surface area contributed by atoms with E-state index in [2.05, 4.69) is 45.1 Å². The van der Waals surface area contributed by atoms with Crippen molar-refractivity contribution in [1.82, 2.24) is 34.6 Å². The lowest BCUT2D eigenvalue weighted by Crippen LogP contribution is -2.44. The summed E-state index contributed by atoms with van der Waals surface area (Å²) in [6.07, 6.45) is 5.48. The van der Waals surface area contributed by atoms with Crippen LogP contribution in [0.15, 0.2) is 30.7 Å². The molecule has 1 atom stereocenters. The number of ether oxygens (including phenoxy) is 1. The first kappa shape index (κ1) is 16.9. The maximum absolute atomic E-state index is 5.61. The maximum Gasteiger partial charge on any atom is 0.179 e. The number of imidazole rings is 1. The van der Waals surface area contributed by atoms with E-state index in [1.165, 1.54) is 0 Å². The molecule has 0 spiro atoms. The lowest BCUT2D eigenvalue weighted by Gasteiger charge is -2.34. The summed E-state index contributed by atoms with van der Waals surface area (Å²) in [4.78, 5) is 6.91. The number of aryl methyl sites for hydroxylation is 1. The zero-order valence-electron chi connectivity index (χ0n) is 16.1. The van der Waals surface area contributed by atoms with Crippen LogP contribution in [0.2, 0.25) is 0 Å². The second-order valence-electron chi connectivity index (χ2n) is 7.15.